The first-order valence-electron chi connectivity index (χ1n) is 8.65. The van der Waals surface area contributed by atoms with Crippen molar-refractivity contribution in [1.29, 1.82) is 0 Å². The van der Waals surface area contributed by atoms with E-state index >= 15 is 0 Å². The molecule has 9 heteroatoms. The van der Waals surface area contributed by atoms with Gasteiger partial charge in [-0.1, -0.05) is 28.9 Å². The first kappa shape index (κ1) is 19.1. The molecule has 2 heterocycles. The first-order valence-corrected chi connectivity index (χ1v) is 9.85. The molecule has 7 nitrogen and oxygen atoms in total. The second-order valence-electron chi connectivity index (χ2n) is 6.11. The molecular weight excluding hydrogens is 410 g/mol. The summed E-state index contributed by atoms with van der Waals surface area (Å²) in [7, 11) is 1.62. The molecule has 0 saturated carbocycles. The van der Waals surface area contributed by atoms with Crippen LogP contribution in [0.25, 0.3) is 16.9 Å². The Labute approximate surface area is 175 Å². The number of hydrogen-bond acceptors (Lipinski definition) is 6. The Hall–Kier alpha value is -3.23. The second kappa shape index (κ2) is 8.02. The Bertz CT molecular complexity index is 1170. The van der Waals surface area contributed by atoms with E-state index in [2.05, 4.69) is 20.6 Å². The van der Waals surface area contributed by atoms with Crippen LogP contribution >= 0.6 is 22.9 Å². The molecule has 0 aliphatic heterocycles. The van der Waals surface area contributed by atoms with Gasteiger partial charge in [0.15, 0.2) is 10.8 Å². The summed E-state index contributed by atoms with van der Waals surface area (Å²) in [5.74, 6) is 0.384. The van der Waals surface area contributed by atoms with Crippen molar-refractivity contribution in [2.45, 2.75) is 6.92 Å². The Morgan fingerprint density at radius 2 is 1.93 bits per heavy atom. The SMILES string of the molecule is COc1ccc(-c2nc(NC(=O)c3cn(-c4ccccc4Cl)nn3)sc2C)cc1. The highest BCUT2D eigenvalue weighted by molar-refractivity contribution is 7.16. The van der Waals surface area contributed by atoms with E-state index in [1.165, 1.54) is 22.2 Å². The number of carbonyl (C=O) groups is 1. The highest BCUT2D eigenvalue weighted by Crippen LogP contribution is 2.31. The van der Waals surface area contributed by atoms with E-state index in [-0.39, 0.29) is 5.69 Å². The molecule has 0 aliphatic rings. The zero-order valence-electron chi connectivity index (χ0n) is 15.6. The van der Waals surface area contributed by atoms with Gasteiger partial charge in [-0.3, -0.25) is 10.1 Å². The van der Waals surface area contributed by atoms with Crippen molar-refractivity contribution < 1.29 is 9.53 Å². The van der Waals surface area contributed by atoms with Crippen LogP contribution in [0.2, 0.25) is 5.02 Å². The summed E-state index contributed by atoms with van der Waals surface area (Å²) in [5.41, 5.74) is 2.58. The van der Waals surface area contributed by atoms with Crippen LogP contribution in [-0.4, -0.2) is 33.0 Å². The number of methoxy groups -OCH3 is 1. The lowest BCUT2D eigenvalue weighted by Gasteiger charge is -2.02. The van der Waals surface area contributed by atoms with Crippen LogP contribution < -0.4 is 10.1 Å². The predicted molar refractivity (Wildman–Crippen MR) is 113 cm³/mol. The number of para-hydroxylation sites is 1. The van der Waals surface area contributed by atoms with Crippen molar-refractivity contribution >= 4 is 34.0 Å². The van der Waals surface area contributed by atoms with E-state index in [9.17, 15) is 4.79 Å². The van der Waals surface area contributed by atoms with Gasteiger partial charge in [-0.05, 0) is 43.3 Å². The summed E-state index contributed by atoms with van der Waals surface area (Å²) in [6.07, 6.45) is 1.53. The number of rotatable bonds is 5. The highest BCUT2D eigenvalue weighted by atomic mass is 35.5. The van der Waals surface area contributed by atoms with E-state index in [1.54, 1.807) is 19.2 Å². The number of thiazole rings is 1. The monoisotopic (exact) mass is 425 g/mol. The molecule has 0 unspecified atom stereocenters. The van der Waals surface area contributed by atoms with Crippen molar-refractivity contribution in [2.24, 2.45) is 0 Å². The molecule has 0 fully saturated rings. The minimum atomic E-state index is -0.390. The van der Waals surface area contributed by atoms with Gasteiger partial charge in [0.05, 0.1) is 29.7 Å². The quantitative estimate of drug-likeness (QED) is 0.504. The van der Waals surface area contributed by atoms with Gasteiger partial charge in [0.25, 0.3) is 5.91 Å². The molecule has 29 heavy (non-hydrogen) atoms. The van der Waals surface area contributed by atoms with Gasteiger partial charge in [-0.2, -0.15) is 0 Å². The fraction of sp³-hybridized carbons (Fsp3) is 0.100. The molecule has 146 valence electrons. The molecule has 4 rings (SSSR count). The van der Waals surface area contributed by atoms with Gasteiger partial charge in [0.2, 0.25) is 0 Å². The standard InChI is InChI=1S/C20H16ClN5O2S/c1-12-18(13-7-9-14(28-2)10-8-13)22-20(29-12)23-19(27)16-11-26(25-24-16)17-6-4-3-5-15(17)21/h3-11H,1-2H3,(H,22,23,27). The lowest BCUT2D eigenvalue weighted by atomic mass is 10.1. The van der Waals surface area contributed by atoms with Gasteiger partial charge in [0.1, 0.15) is 5.75 Å². The van der Waals surface area contributed by atoms with Gasteiger partial charge in [0, 0.05) is 10.4 Å². The Morgan fingerprint density at radius 1 is 1.17 bits per heavy atom. The first-order chi connectivity index (χ1) is 14.0. The van der Waals surface area contributed by atoms with Crippen LogP contribution in [0.5, 0.6) is 5.75 Å². The summed E-state index contributed by atoms with van der Waals surface area (Å²) >= 11 is 7.57. The smallest absolute Gasteiger partial charge is 0.279 e. The number of nitrogens with zero attached hydrogens (tertiary/aromatic N) is 4. The minimum Gasteiger partial charge on any atom is -0.497 e. The molecule has 1 amide bonds. The van der Waals surface area contributed by atoms with E-state index in [4.69, 9.17) is 16.3 Å². The van der Waals surface area contributed by atoms with E-state index in [1.807, 2.05) is 43.3 Å². The van der Waals surface area contributed by atoms with Crippen molar-refractivity contribution in [3.63, 3.8) is 0 Å². The molecule has 0 radical (unpaired) electrons. The number of nitrogens with one attached hydrogen (secondary N) is 1. The number of carbonyl (C=O) groups excluding carboxylic acids is 1. The van der Waals surface area contributed by atoms with Gasteiger partial charge in [-0.25, -0.2) is 9.67 Å². The molecule has 4 aromatic rings. The molecule has 0 atom stereocenters. The molecule has 1 N–H and O–H groups in total. The second-order valence-corrected chi connectivity index (χ2v) is 7.72. The minimum absolute atomic E-state index is 0.170. The lowest BCUT2D eigenvalue weighted by molar-refractivity contribution is 0.102. The molecule has 0 aliphatic carbocycles. The third-order valence-corrected chi connectivity index (χ3v) is 5.41. The third-order valence-electron chi connectivity index (χ3n) is 4.21. The van der Waals surface area contributed by atoms with Crippen LogP contribution in [0.3, 0.4) is 0 Å². The summed E-state index contributed by atoms with van der Waals surface area (Å²) in [6.45, 7) is 1.96. The number of hydrogen-bond donors (Lipinski definition) is 1. The number of benzene rings is 2. The van der Waals surface area contributed by atoms with Gasteiger partial charge >= 0.3 is 0 Å². The van der Waals surface area contributed by atoms with E-state index < -0.39 is 5.91 Å². The number of aromatic nitrogens is 4. The molecular formula is C20H16ClN5O2S. The lowest BCUT2D eigenvalue weighted by Crippen LogP contribution is -2.12. The van der Waals surface area contributed by atoms with Crippen LogP contribution in [0.4, 0.5) is 5.13 Å². The van der Waals surface area contributed by atoms with Gasteiger partial charge < -0.3 is 4.74 Å². The average molecular weight is 426 g/mol. The third kappa shape index (κ3) is 3.98. The number of halogens is 1. The topological polar surface area (TPSA) is 81.9 Å². The number of aryl methyl sites for hydroxylation is 1. The van der Waals surface area contributed by atoms with Crippen molar-refractivity contribution in [1.82, 2.24) is 20.0 Å². The average Bonchev–Trinajstić information content (AvgIpc) is 3.35. The molecule has 2 aromatic heterocycles. The Kier molecular flexibility index (Phi) is 5.28. The normalized spacial score (nSPS) is 10.7. The molecule has 0 spiro atoms. The van der Waals surface area contributed by atoms with E-state index in [0.29, 0.717) is 15.8 Å². The summed E-state index contributed by atoms with van der Waals surface area (Å²) in [5, 5.41) is 11.7. The fourth-order valence-electron chi connectivity index (χ4n) is 2.75. The zero-order valence-corrected chi connectivity index (χ0v) is 17.2. The van der Waals surface area contributed by atoms with Gasteiger partial charge in [-0.15, -0.1) is 16.4 Å². The largest absolute Gasteiger partial charge is 0.497 e. The predicted octanol–water partition coefficient (Wildman–Crippen LogP) is 4.61. The van der Waals surface area contributed by atoms with Crippen molar-refractivity contribution in [3.05, 3.63) is 70.3 Å². The van der Waals surface area contributed by atoms with Crippen LogP contribution in [-0.2, 0) is 0 Å². The maximum atomic E-state index is 12.6. The van der Waals surface area contributed by atoms with Crippen molar-refractivity contribution in [3.8, 4) is 22.7 Å². The fourth-order valence-corrected chi connectivity index (χ4v) is 3.80. The molecule has 0 saturated heterocycles. The number of anilines is 1. The molecule has 0 bridgehead atoms. The maximum Gasteiger partial charge on any atom is 0.279 e. The van der Waals surface area contributed by atoms with Crippen LogP contribution in [0.15, 0.2) is 54.7 Å². The molecule has 2 aromatic carbocycles. The Morgan fingerprint density at radius 3 is 2.66 bits per heavy atom. The zero-order chi connectivity index (χ0) is 20.4. The summed E-state index contributed by atoms with van der Waals surface area (Å²) in [4.78, 5) is 18.1. The van der Waals surface area contributed by atoms with Crippen LogP contribution in [0, 0.1) is 6.92 Å². The van der Waals surface area contributed by atoms with Crippen molar-refractivity contribution in [2.75, 3.05) is 12.4 Å². The number of ether oxygens (including phenoxy) is 1. The summed E-state index contributed by atoms with van der Waals surface area (Å²) < 4.78 is 6.65. The maximum absolute atomic E-state index is 12.6. The van der Waals surface area contributed by atoms with E-state index in [0.717, 1.165) is 21.9 Å². The highest BCUT2D eigenvalue weighted by Gasteiger charge is 2.16. The number of amides is 1. The Balaban J connectivity index is 1.53. The van der Waals surface area contributed by atoms with Crippen LogP contribution in [0.1, 0.15) is 15.4 Å². The summed E-state index contributed by atoms with van der Waals surface area (Å²) in [6, 6.07) is 14.8.